The molecule has 0 aromatic carbocycles. The standard InChI is InChI=1S/C10H20N2O3/c1-4-7(11)9(13)12-8(10(14)15)5-6(2)3/h6-8H,4-5,11H2,1-3H3,(H,12,13)(H,14,15)/t7?,8-/m1/s1. The van der Waals surface area contributed by atoms with Crippen LogP contribution in [0, 0.1) is 5.92 Å². The number of aliphatic carboxylic acids is 1. The third kappa shape index (κ3) is 5.37. The summed E-state index contributed by atoms with van der Waals surface area (Å²) in [6.07, 6.45) is 0.914. The lowest BCUT2D eigenvalue weighted by molar-refractivity contribution is -0.142. The van der Waals surface area contributed by atoms with Gasteiger partial charge in [-0.25, -0.2) is 4.79 Å². The second-order valence-electron chi connectivity index (χ2n) is 4.04. The van der Waals surface area contributed by atoms with Gasteiger partial charge in [-0.15, -0.1) is 0 Å². The topological polar surface area (TPSA) is 92.4 Å². The molecular formula is C10H20N2O3. The van der Waals surface area contributed by atoms with Crippen molar-refractivity contribution in [3.8, 4) is 0 Å². The highest BCUT2D eigenvalue weighted by Gasteiger charge is 2.23. The summed E-state index contributed by atoms with van der Waals surface area (Å²) in [5.74, 6) is -1.20. The fourth-order valence-electron chi connectivity index (χ4n) is 1.16. The Bertz CT molecular complexity index is 229. The zero-order valence-corrected chi connectivity index (χ0v) is 9.49. The van der Waals surface area contributed by atoms with Crippen molar-refractivity contribution >= 4 is 11.9 Å². The Labute approximate surface area is 90.0 Å². The van der Waals surface area contributed by atoms with Crippen LogP contribution in [0.3, 0.4) is 0 Å². The van der Waals surface area contributed by atoms with Gasteiger partial charge in [0.05, 0.1) is 6.04 Å². The molecule has 0 aliphatic carbocycles. The van der Waals surface area contributed by atoms with Crippen molar-refractivity contribution in [3.63, 3.8) is 0 Å². The second-order valence-corrected chi connectivity index (χ2v) is 4.04. The van der Waals surface area contributed by atoms with Gasteiger partial charge in [-0.1, -0.05) is 20.8 Å². The largest absolute Gasteiger partial charge is 0.480 e. The van der Waals surface area contributed by atoms with Gasteiger partial charge in [0, 0.05) is 0 Å². The van der Waals surface area contributed by atoms with Crippen LogP contribution in [-0.4, -0.2) is 29.1 Å². The Morgan fingerprint density at radius 1 is 1.40 bits per heavy atom. The summed E-state index contributed by atoms with van der Waals surface area (Å²) in [5.41, 5.74) is 5.49. The van der Waals surface area contributed by atoms with Crippen LogP contribution in [0.2, 0.25) is 0 Å². The summed E-state index contributed by atoms with van der Waals surface area (Å²) < 4.78 is 0. The van der Waals surface area contributed by atoms with E-state index in [4.69, 9.17) is 10.8 Å². The van der Waals surface area contributed by atoms with Crippen LogP contribution >= 0.6 is 0 Å². The Morgan fingerprint density at radius 2 is 1.93 bits per heavy atom. The third-order valence-corrected chi connectivity index (χ3v) is 2.10. The summed E-state index contributed by atoms with van der Waals surface area (Å²) in [6, 6.07) is -1.46. The predicted octanol–water partition coefficient (Wildman–Crippen LogP) is 0.339. The maximum Gasteiger partial charge on any atom is 0.326 e. The highest BCUT2D eigenvalue weighted by molar-refractivity contribution is 5.86. The fraction of sp³-hybridized carbons (Fsp3) is 0.800. The molecule has 0 bridgehead atoms. The van der Waals surface area contributed by atoms with Crippen molar-refractivity contribution in [2.75, 3.05) is 0 Å². The van der Waals surface area contributed by atoms with Gasteiger partial charge in [0.25, 0.3) is 0 Å². The van der Waals surface area contributed by atoms with Crippen LogP contribution in [0.15, 0.2) is 0 Å². The number of carboxylic acids is 1. The maximum atomic E-state index is 11.4. The highest BCUT2D eigenvalue weighted by atomic mass is 16.4. The van der Waals surface area contributed by atoms with Gasteiger partial charge < -0.3 is 16.2 Å². The minimum Gasteiger partial charge on any atom is -0.480 e. The van der Waals surface area contributed by atoms with Crippen LogP contribution in [0.1, 0.15) is 33.6 Å². The zero-order chi connectivity index (χ0) is 12.0. The van der Waals surface area contributed by atoms with E-state index >= 15 is 0 Å². The van der Waals surface area contributed by atoms with Crippen LogP contribution in [-0.2, 0) is 9.59 Å². The number of nitrogens with two attached hydrogens (primary N) is 1. The Kier molecular flexibility index (Phi) is 5.93. The van der Waals surface area contributed by atoms with Crippen LogP contribution in [0.25, 0.3) is 0 Å². The van der Waals surface area contributed by atoms with E-state index < -0.39 is 24.0 Å². The first-order valence-corrected chi connectivity index (χ1v) is 5.17. The van der Waals surface area contributed by atoms with Crippen molar-refractivity contribution < 1.29 is 14.7 Å². The molecule has 1 amide bonds. The van der Waals surface area contributed by atoms with Crippen LogP contribution < -0.4 is 11.1 Å². The molecule has 88 valence electrons. The SMILES string of the molecule is CCC(N)C(=O)N[C@H](CC(C)C)C(=O)O. The minimum absolute atomic E-state index is 0.212. The fourth-order valence-corrected chi connectivity index (χ4v) is 1.16. The molecule has 15 heavy (non-hydrogen) atoms. The van der Waals surface area contributed by atoms with Gasteiger partial charge >= 0.3 is 5.97 Å². The van der Waals surface area contributed by atoms with E-state index in [2.05, 4.69) is 5.32 Å². The van der Waals surface area contributed by atoms with Gasteiger partial charge in [-0.2, -0.15) is 0 Å². The van der Waals surface area contributed by atoms with Crippen molar-refractivity contribution in [1.29, 1.82) is 0 Å². The Balaban J connectivity index is 4.29. The molecule has 0 aromatic rings. The van der Waals surface area contributed by atoms with E-state index in [0.717, 1.165) is 0 Å². The van der Waals surface area contributed by atoms with E-state index in [1.807, 2.05) is 13.8 Å². The molecule has 0 radical (unpaired) electrons. The number of hydrogen-bond donors (Lipinski definition) is 3. The Morgan fingerprint density at radius 3 is 2.27 bits per heavy atom. The predicted molar refractivity (Wildman–Crippen MR) is 57.3 cm³/mol. The molecule has 0 rings (SSSR count). The first-order chi connectivity index (χ1) is 6.88. The highest BCUT2D eigenvalue weighted by Crippen LogP contribution is 2.05. The molecule has 0 fully saturated rings. The van der Waals surface area contributed by atoms with E-state index in [-0.39, 0.29) is 5.92 Å². The normalized spacial score (nSPS) is 14.7. The summed E-state index contributed by atoms with van der Waals surface area (Å²) in [7, 11) is 0. The molecule has 0 aliphatic rings. The minimum atomic E-state index is -1.01. The van der Waals surface area contributed by atoms with E-state index in [0.29, 0.717) is 12.8 Å². The van der Waals surface area contributed by atoms with Gasteiger partial charge in [-0.3, -0.25) is 4.79 Å². The second kappa shape index (κ2) is 6.40. The first-order valence-electron chi connectivity index (χ1n) is 5.17. The van der Waals surface area contributed by atoms with Gasteiger partial charge in [0.15, 0.2) is 0 Å². The number of hydrogen-bond acceptors (Lipinski definition) is 3. The van der Waals surface area contributed by atoms with Crippen LogP contribution in [0.5, 0.6) is 0 Å². The molecule has 4 N–H and O–H groups in total. The van der Waals surface area contributed by atoms with Crippen molar-refractivity contribution in [2.45, 2.75) is 45.7 Å². The van der Waals surface area contributed by atoms with Crippen molar-refractivity contribution in [2.24, 2.45) is 11.7 Å². The molecule has 0 aromatic heterocycles. The summed E-state index contributed by atoms with van der Waals surface area (Å²) in [4.78, 5) is 22.2. The van der Waals surface area contributed by atoms with E-state index in [1.54, 1.807) is 6.92 Å². The number of carbonyl (C=O) groups excluding carboxylic acids is 1. The molecule has 1 unspecified atom stereocenters. The molecular weight excluding hydrogens is 196 g/mol. The number of rotatable bonds is 6. The van der Waals surface area contributed by atoms with Gasteiger partial charge in [0.2, 0.25) is 5.91 Å². The molecule has 0 saturated heterocycles. The van der Waals surface area contributed by atoms with E-state index in [1.165, 1.54) is 0 Å². The average Bonchev–Trinajstić information content (AvgIpc) is 2.14. The first kappa shape index (κ1) is 13.9. The third-order valence-electron chi connectivity index (χ3n) is 2.10. The molecule has 5 nitrogen and oxygen atoms in total. The van der Waals surface area contributed by atoms with Gasteiger partial charge in [0.1, 0.15) is 6.04 Å². The smallest absolute Gasteiger partial charge is 0.326 e. The van der Waals surface area contributed by atoms with Gasteiger partial charge in [-0.05, 0) is 18.8 Å². The lowest BCUT2D eigenvalue weighted by Crippen LogP contribution is -2.48. The number of carbonyl (C=O) groups is 2. The average molecular weight is 216 g/mol. The summed E-state index contributed by atoms with van der Waals surface area (Å²) in [5, 5.41) is 11.3. The monoisotopic (exact) mass is 216 g/mol. The lowest BCUT2D eigenvalue weighted by atomic mass is 10.0. The summed E-state index contributed by atoms with van der Waals surface area (Å²) in [6.45, 7) is 5.59. The number of carboxylic acid groups (broad SMARTS) is 1. The van der Waals surface area contributed by atoms with E-state index in [9.17, 15) is 9.59 Å². The zero-order valence-electron chi connectivity index (χ0n) is 9.49. The van der Waals surface area contributed by atoms with Crippen molar-refractivity contribution in [1.82, 2.24) is 5.32 Å². The molecule has 0 saturated carbocycles. The molecule has 2 atom stereocenters. The molecule has 0 heterocycles. The molecule has 0 spiro atoms. The number of nitrogens with one attached hydrogen (secondary N) is 1. The maximum absolute atomic E-state index is 11.4. The van der Waals surface area contributed by atoms with Crippen LogP contribution in [0.4, 0.5) is 0 Å². The molecule has 0 aliphatic heterocycles. The Hall–Kier alpha value is -1.10. The summed E-state index contributed by atoms with van der Waals surface area (Å²) >= 11 is 0. The lowest BCUT2D eigenvalue weighted by Gasteiger charge is -2.18. The quantitative estimate of drug-likeness (QED) is 0.597. The molecule has 5 heteroatoms. The number of amides is 1. The van der Waals surface area contributed by atoms with Crippen molar-refractivity contribution in [3.05, 3.63) is 0 Å².